The van der Waals surface area contributed by atoms with E-state index in [9.17, 15) is 14.4 Å². The topological polar surface area (TPSA) is 63.7 Å². The van der Waals surface area contributed by atoms with Gasteiger partial charge in [0.15, 0.2) is 0 Å². The van der Waals surface area contributed by atoms with Crippen molar-refractivity contribution >= 4 is 23.5 Å². The molecule has 1 saturated carbocycles. The van der Waals surface area contributed by atoms with E-state index in [1.165, 1.54) is 10.5 Å². The largest absolute Gasteiger partial charge is 0.423 e. The Balaban J connectivity index is 1.29. The van der Waals surface area contributed by atoms with E-state index >= 15 is 0 Å². The lowest BCUT2D eigenvalue weighted by Gasteiger charge is -2.23. The minimum atomic E-state index is -0.475. The zero-order valence-corrected chi connectivity index (χ0v) is 18.6. The van der Waals surface area contributed by atoms with Gasteiger partial charge >= 0.3 is 5.97 Å². The number of fused-ring (bicyclic) bond motifs is 5. The third kappa shape index (κ3) is 3.19. The summed E-state index contributed by atoms with van der Waals surface area (Å²) in [4.78, 5) is 39.8. The molecule has 0 unspecified atom stereocenters. The Morgan fingerprint density at radius 1 is 0.938 bits per heavy atom. The molecule has 2 amide bonds. The average Bonchev–Trinajstić information content (AvgIpc) is 3.48. The fraction of sp³-hybridized carbons (Fsp3) is 0.370. The first-order valence-corrected chi connectivity index (χ1v) is 11.3. The van der Waals surface area contributed by atoms with Crippen LogP contribution >= 0.6 is 0 Å². The summed E-state index contributed by atoms with van der Waals surface area (Å²) in [6.07, 6.45) is 6.08. The van der Waals surface area contributed by atoms with E-state index in [4.69, 9.17) is 4.74 Å². The third-order valence-corrected chi connectivity index (χ3v) is 7.56. The highest BCUT2D eigenvalue weighted by atomic mass is 16.5. The highest BCUT2D eigenvalue weighted by Crippen LogP contribution is 2.53. The number of esters is 1. The molecular weight excluding hydrogens is 402 g/mol. The lowest BCUT2D eigenvalue weighted by atomic mass is 9.82. The summed E-state index contributed by atoms with van der Waals surface area (Å²) in [7, 11) is 0. The van der Waals surface area contributed by atoms with Crippen LogP contribution in [0.25, 0.3) is 0 Å². The lowest BCUT2D eigenvalue weighted by molar-refractivity contribution is -0.123. The molecule has 3 aliphatic rings. The monoisotopic (exact) mass is 429 g/mol. The van der Waals surface area contributed by atoms with Crippen LogP contribution in [-0.4, -0.2) is 17.8 Å². The molecule has 5 nitrogen and oxygen atoms in total. The molecule has 2 aromatic carbocycles. The molecule has 5 rings (SSSR count). The SMILES string of the molecule is CCC(C)(C)c1ccc(OC(=O)c2ccc(N3C(=O)[C@H]4[C@H](C3=O)[C@H]3C=C[C@H]4C3)cc2)cc1. The van der Waals surface area contributed by atoms with E-state index in [0.717, 1.165) is 12.8 Å². The number of carbonyl (C=O) groups excluding carboxylic acids is 3. The second kappa shape index (κ2) is 7.44. The molecule has 0 spiro atoms. The van der Waals surface area contributed by atoms with Gasteiger partial charge < -0.3 is 4.74 Å². The molecule has 2 aromatic rings. The first kappa shape index (κ1) is 20.7. The van der Waals surface area contributed by atoms with E-state index in [0.29, 0.717) is 17.0 Å². The van der Waals surface area contributed by atoms with Crippen molar-refractivity contribution in [2.75, 3.05) is 4.90 Å². The molecule has 5 heteroatoms. The fourth-order valence-corrected chi connectivity index (χ4v) is 5.25. The third-order valence-electron chi connectivity index (χ3n) is 7.56. The van der Waals surface area contributed by atoms with Crippen molar-refractivity contribution in [2.45, 2.75) is 39.0 Å². The predicted octanol–water partition coefficient (Wildman–Crippen LogP) is 4.90. The summed E-state index contributed by atoms with van der Waals surface area (Å²) in [5.74, 6) is -0.354. The summed E-state index contributed by atoms with van der Waals surface area (Å²) in [5, 5.41) is 0. The first-order valence-electron chi connectivity index (χ1n) is 11.3. The van der Waals surface area contributed by atoms with Gasteiger partial charge in [0.25, 0.3) is 0 Å². The van der Waals surface area contributed by atoms with Crippen LogP contribution in [0.3, 0.4) is 0 Å². The van der Waals surface area contributed by atoms with E-state index in [1.807, 2.05) is 24.3 Å². The van der Waals surface area contributed by atoms with Crippen molar-refractivity contribution in [1.29, 1.82) is 0 Å². The number of anilines is 1. The number of rotatable bonds is 5. The highest BCUT2D eigenvalue weighted by molar-refractivity contribution is 6.22. The standard InChI is InChI=1S/C27H27NO4/c1-4-27(2,3)19-9-13-21(14-10-19)32-26(31)16-7-11-20(12-8-16)28-24(29)22-17-5-6-18(15-17)23(22)25(28)30/h5-14,17-18,22-23H,4,15H2,1-3H3/t17-,18-,22+,23+/m0/s1. The number of carbonyl (C=O) groups is 3. The van der Waals surface area contributed by atoms with Crippen molar-refractivity contribution in [2.24, 2.45) is 23.7 Å². The molecule has 164 valence electrons. The van der Waals surface area contributed by atoms with Crippen LogP contribution in [0.4, 0.5) is 5.69 Å². The van der Waals surface area contributed by atoms with Gasteiger partial charge in [-0.3, -0.25) is 14.5 Å². The Bertz CT molecular complexity index is 1080. The lowest BCUT2D eigenvalue weighted by Crippen LogP contribution is -2.32. The van der Waals surface area contributed by atoms with Gasteiger partial charge in [0, 0.05) is 0 Å². The molecule has 1 saturated heterocycles. The maximum absolute atomic E-state index is 12.9. The number of ether oxygens (including phenoxy) is 1. The van der Waals surface area contributed by atoms with E-state index < -0.39 is 5.97 Å². The first-order chi connectivity index (χ1) is 15.3. The maximum Gasteiger partial charge on any atom is 0.343 e. The number of hydrogen-bond acceptors (Lipinski definition) is 4. The van der Waals surface area contributed by atoms with Gasteiger partial charge in [0.1, 0.15) is 5.75 Å². The average molecular weight is 430 g/mol. The summed E-state index contributed by atoms with van der Waals surface area (Å²) in [6, 6.07) is 14.1. The number of nitrogens with zero attached hydrogens (tertiary/aromatic N) is 1. The van der Waals surface area contributed by atoms with Gasteiger partial charge in [-0.25, -0.2) is 4.79 Å². The minimum absolute atomic E-state index is 0.0664. The molecule has 1 heterocycles. The van der Waals surface area contributed by atoms with Crippen molar-refractivity contribution in [3.8, 4) is 5.75 Å². The molecule has 1 aliphatic heterocycles. The molecule has 32 heavy (non-hydrogen) atoms. The zero-order chi connectivity index (χ0) is 22.6. The minimum Gasteiger partial charge on any atom is -0.423 e. The summed E-state index contributed by atoms with van der Waals surface area (Å²) >= 11 is 0. The van der Waals surface area contributed by atoms with Crippen LogP contribution in [0, 0.1) is 23.7 Å². The molecule has 0 radical (unpaired) electrons. The van der Waals surface area contributed by atoms with Gasteiger partial charge in [0.05, 0.1) is 23.1 Å². The highest BCUT2D eigenvalue weighted by Gasteiger charge is 2.59. The van der Waals surface area contributed by atoms with Gasteiger partial charge in [0.2, 0.25) is 11.8 Å². The normalized spacial score (nSPS) is 26.0. The van der Waals surface area contributed by atoms with Crippen molar-refractivity contribution < 1.29 is 19.1 Å². The Morgan fingerprint density at radius 2 is 1.50 bits per heavy atom. The van der Waals surface area contributed by atoms with E-state index in [2.05, 4.69) is 32.9 Å². The Morgan fingerprint density at radius 3 is 2.03 bits per heavy atom. The van der Waals surface area contributed by atoms with Crippen molar-refractivity contribution in [1.82, 2.24) is 0 Å². The number of benzene rings is 2. The van der Waals surface area contributed by atoms with Gasteiger partial charge in [-0.2, -0.15) is 0 Å². The fourth-order valence-electron chi connectivity index (χ4n) is 5.25. The van der Waals surface area contributed by atoms with Crippen LogP contribution in [-0.2, 0) is 15.0 Å². The maximum atomic E-state index is 12.9. The van der Waals surface area contributed by atoms with Gasteiger partial charge in [-0.1, -0.05) is 45.1 Å². The quantitative estimate of drug-likeness (QED) is 0.293. The Hall–Kier alpha value is -3.21. The summed E-state index contributed by atoms with van der Waals surface area (Å²) in [6.45, 7) is 6.51. The number of amides is 2. The smallest absolute Gasteiger partial charge is 0.343 e. The number of allylic oxidation sites excluding steroid dienone is 2. The molecule has 0 aromatic heterocycles. The molecule has 2 fully saturated rings. The van der Waals surface area contributed by atoms with Crippen LogP contribution in [0.2, 0.25) is 0 Å². The van der Waals surface area contributed by atoms with E-state index in [-0.39, 0.29) is 40.9 Å². The number of hydrogen-bond donors (Lipinski definition) is 0. The van der Waals surface area contributed by atoms with Crippen LogP contribution in [0.1, 0.15) is 49.5 Å². The van der Waals surface area contributed by atoms with Crippen molar-refractivity contribution in [3.63, 3.8) is 0 Å². The van der Waals surface area contributed by atoms with Crippen molar-refractivity contribution in [3.05, 3.63) is 71.8 Å². The second-order valence-electron chi connectivity index (χ2n) is 9.71. The molecule has 0 N–H and O–H groups in total. The Kier molecular flexibility index (Phi) is 4.81. The van der Waals surface area contributed by atoms with Crippen LogP contribution in [0.15, 0.2) is 60.7 Å². The predicted molar refractivity (Wildman–Crippen MR) is 121 cm³/mol. The summed E-state index contributed by atoms with van der Waals surface area (Å²) < 4.78 is 5.51. The number of imide groups is 1. The van der Waals surface area contributed by atoms with Crippen LogP contribution in [0.5, 0.6) is 5.75 Å². The van der Waals surface area contributed by atoms with Crippen LogP contribution < -0.4 is 9.64 Å². The Labute approximate surface area is 188 Å². The molecule has 4 atom stereocenters. The van der Waals surface area contributed by atoms with Gasteiger partial charge in [-0.05, 0) is 72.1 Å². The molecular formula is C27H27NO4. The van der Waals surface area contributed by atoms with Gasteiger partial charge in [-0.15, -0.1) is 0 Å². The second-order valence-corrected chi connectivity index (χ2v) is 9.71. The summed E-state index contributed by atoms with van der Waals surface area (Å²) in [5.41, 5.74) is 2.14. The molecule has 2 bridgehead atoms. The zero-order valence-electron chi connectivity index (χ0n) is 18.6. The molecule has 2 aliphatic carbocycles. The van der Waals surface area contributed by atoms with E-state index in [1.54, 1.807) is 24.3 Å².